The number of allylic oxidation sites excluding steroid dienone is 2. The number of nitrogens with one attached hydrogen (secondary N) is 2. The maximum atomic E-state index is 12.4. The molecule has 0 aliphatic heterocycles. The van der Waals surface area contributed by atoms with Gasteiger partial charge < -0.3 is 10.1 Å². The number of amides is 2. The van der Waals surface area contributed by atoms with Crippen LogP contribution in [0.15, 0.2) is 40.8 Å². The van der Waals surface area contributed by atoms with Crippen LogP contribution in [0.4, 0.5) is 4.79 Å². The first-order valence-electron chi connectivity index (χ1n) is 8.07. The zero-order valence-electron chi connectivity index (χ0n) is 15.1. The smallest absolute Gasteiger partial charge is 0.328 e. The van der Waals surface area contributed by atoms with E-state index in [9.17, 15) is 13.2 Å². The number of rotatable bonds is 8. The Labute approximate surface area is 150 Å². The van der Waals surface area contributed by atoms with E-state index in [0.29, 0.717) is 24.3 Å². The summed E-state index contributed by atoms with van der Waals surface area (Å²) in [7, 11) is -2.36. The van der Waals surface area contributed by atoms with Crippen LogP contribution in [0, 0.1) is 0 Å². The van der Waals surface area contributed by atoms with Crippen LogP contribution in [-0.4, -0.2) is 28.1 Å². The molecule has 0 saturated carbocycles. The summed E-state index contributed by atoms with van der Waals surface area (Å²) in [5.41, 5.74) is 1.83. The monoisotopic (exact) mass is 366 g/mol. The molecule has 25 heavy (non-hydrogen) atoms. The van der Waals surface area contributed by atoms with Crippen LogP contribution < -0.4 is 14.8 Å². The summed E-state index contributed by atoms with van der Waals surface area (Å²) in [5, 5.41) is 2.53. The fourth-order valence-corrected chi connectivity index (χ4v) is 3.18. The van der Waals surface area contributed by atoms with E-state index in [1.807, 2.05) is 24.6 Å². The third-order valence-electron chi connectivity index (χ3n) is 3.32. The number of hydrogen-bond acceptors (Lipinski definition) is 4. The molecule has 0 bridgehead atoms. The van der Waals surface area contributed by atoms with Gasteiger partial charge in [-0.25, -0.2) is 17.9 Å². The van der Waals surface area contributed by atoms with Gasteiger partial charge in [-0.2, -0.15) is 0 Å². The van der Waals surface area contributed by atoms with Crippen molar-refractivity contribution in [2.75, 3.05) is 13.7 Å². The van der Waals surface area contributed by atoms with Gasteiger partial charge in [-0.05, 0) is 50.5 Å². The van der Waals surface area contributed by atoms with Crippen LogP contribution >= 0.6 is 0 Å². The molecule has 0 aromatic heterocycles. The molecule has 1 rings (SSSR count). The number of carbonyl (C=O) groups excluding carboxylic acids is 1. The normalized spacial score (nSPS) is 11.6. The molecule has 0 heterocycles. The molecule has 138 valence electrons. The Hall–Kier alpha value is -2.28. The lowest BCUT2D eigenvalue weighted by Crippen LogP contribution is -2.40. The number of benzene rings is 1. The molecule has 0 radical (unpaired) electrons. The molecule has 2 N–H and O–H groups in total. The van der Waals surface area contributed by atoms with Crippen LogP contribution in [0.25, 0.3) is 6.08 Å². The van der Waals surface area contributed by atoms with Gasteiger partial charge in [0.25, 0.3) is 10.0 Å². The maximum absolute atomic E-state index is 12.4. The Kier molecular flexibility index (Phi) is 8.21. The largest absolute Gasteiger partial charge is 0.497 e. The number of sulfonamides is 1. The third-order valence-corrected chi connectivity index (χ3v) is 4.88. The second-order valence-corrected chi connectivity index (χ2v) is 7.41. The fourth-order valence-electron chi connectivity index (χ4n) is 2.06. The summed E-state index contributed by atoms with van der Waals surface area (Å²) in [4.78, 5) is 11.9. The Morgan fingerprint density at radius 1 is 1.28 bits per heavy atom. The Morgan fingerprint density at radius 2 is 2.00 bits per heavy atom. The van der Waals surface area contributed by atoms with Crippen molar-refractivity contribution in [3.63, 3.8) is 0 Å². The molecule has 0 fully saturated rings. The summed E-state index contributed by atoms with van der Waals surface area (Å²) in [6.45, 7) is 6.01. The molecule has 6 nitrogen and oxygen atoms in total. The number of ether oxygens (including phenoxy) is 1. The van der Waals surface area contributed by atoms with E-state index in [0.717, 1.165) is 5.57 Å². The molecule has 1 aromatic carbocycles. The van der Waals surface area contributed by atoms with Gasteiger partial charge in [0.15, 0.2) is 0 Å². The molecule has 2 amide bonds. The second kappa shape index (κ2) is 9.88. The quantitative estimate of drug-likeness (QED) is 0.545. The maximum Gasteiger partial charge on any atom is 0.328 e. The van der Waals surface area contributed by atoms with Crippen molar-refractivity contribution in [2.45, 2.75) is 33.6 Å². The molecule has 0 unspecified atom stereocenters. The van der Waals surface area contributed by atoms with Gasteiger partial charge in [0.05, 0.1) is 12.0 Å². The Bertz CT molecular complexity index is 748. The minimum Gasteiger partial charge on any atom is -0.497 e. The molecular formula is C18H26N2O4S. The minimum atomic E-state index is -3.90. The predicted molar refractivity (Wildman–Crippen MR) is 101 cm³/mol. The SMILES string of the molecule is CC/C(=C\c1cccc(OC)c1)S(=O)(=O)NC(=O)NCCC=C(C)C. The lowest BCUT2D eigenvalue weighted by Gasteiger charge is -2.10. The fraction of sp³-hybridized carbons (Fsp3) is 0.389. The van der Waals surface area contributed by atoms with Crippen molar-refractivity contribution >= 4 is 22.1 Å². The molecule has 0 spiro atoms. The van der Waals surface area contributed by atoms with E-state index >= 15 is 0 Å². The first-order chi connectivity index (χ1) is 11.8. The average molecular weight is 366 g/mol. The third kappa shape index (κ3) is 7.43. The Balaban J connectivity index is 2.81. The number of urea groups is 1. The van der Waals surface area contributed by atoms with Gasteiger partial charge in [0.1, 0.15) is 5.75 Å². The van der Waals surface area contributed by atoms with Crippen molar-refractivity contribution in [3.05, 3.63) is 46.4 Å². The predicted octanol–water partition coefficient (Wildman–Crippen LogP) is 3.43. The van der Waals surface area contributed by atoms with Gasteiger partial charge in [-0.3, -0.25) is 0 Å². The molecule has 1 aromatic rings. The standard InChI is InChI=1S/C18H26N2O4S/c1-5-17(13-15-9-6-10-16(12-15)24-4)25(22,23)20-18(21)19-11-7-8-14(2)3/h6,8-10,12-13H,5,7,11H2,1-4H3,(H2,19,20,21)/b17-13+. The topological polar surface area (TPSA) is 84.5 Å². The molecule has 0 saturated heterocycles. The highest BCUT2D eigenvalue weighted by Crippen LogP contribution is 2.19. The van der Waals surface area contributed by atoms with Crippen LogP contribution in [-0.2, 0) is 10.0 Å². The van der Waals surface area contributed by atoms with E-state index in [4.69, 9.17) is 4.74 Å². The second-order valence-electron chi connectivity index (χ2n) is 5.67. The number of carbonyl (C=O) groups is 1. The highest BCUT2D eigenvalue weighted by atomic mass is 32.2. The summed E-state index contributed by atoms with van der Waals surface area (Å²) in [6, 6.07) is 6.31. The highest BCUT2D eigenvalue weighted by Gasteiger charge is 2.19. The molecule has 0 aliphatic carbocycles. The van der Waals surface area contributed by atoms with E-state index in [2.05, 4.69) is 5.32 Å². The molecule has 7 heteroatoms. The van der Waals surface area contributed by atoms with Crippen molar-refractivity contribution < 1.29 is 17.9 Å². The van der Waals surface area contributed by atoms with Crippen LogP contribution in [0.3, 0.4) is 0 Å². The van der Waals surface area contributed by atoms with Crippen molar-refractivity contribution in [1.29, 1.82) is 0 Å². The van der Waals surface area contributed by atoms with Gasteiger partial charge in [-0.1, -0.05) is 30.7 Å². The first-order valence-corrected chi connectivity index (χ1v) is 9.55. The zero-order chi connectivity index (χ0) is 18.9. The summed E-state index contributed by atoms with van der Waals surface area (Å²) in [5.74, 6) is 0.631. The van der Waals surface area contributed by atoms with Crippen molar-refractivity contribution in [3.8, 4) is 5.75 Å². The summed E-state index contributed by atoms with van der Waals surface area (Å²) >= 11 is 0. The van der Waals surface area contributed by atoms with E-state index in [1.165, 1.54) is 6.08 Å². The van der Waals surface area contributed by atoms with Gasteiger partial charge in [-0.15, -0.1) is 0 Å². The van der Waals surface area contributed by atoms with Gasteiger partial charge in [0, 0.05) is 6.54 Å². The van der Waals surface area contributed by atoms with E-state index < -0.39 is 16.1 Å². The van der Waals surface area contributed by atoms with Crippen LogP contribution in [0.5, 0.6) is 5.75 Å². The van der Waals surface area contributed by atoms with Crippen LogP contribution in [0.2, 0.25) is 0 Å². The first kappa shape index (κ1) is 20.8. The van der Waals surface area contributed by atoms with Crippen molar-refractivity contribution in [2.24, 2.45) is 0 Å². The van der Waals surface area contributed by atoms with Gasteiger partial charge in [0.2, 0.25) is 0 Å². The Morgan fingerprint density at radius 3 is 2.60 bits per heavy atom. The molecular weight excluding hydrogens is 340 g/mol. The average Bonchev–Trinajstić information content (AvgIpc) is 2.56. The van der Waals surface area contributed by atoms with Crippen molar-refractivity contribution in [1.82, 2.24) is 10.0 Å². The van der Waals surface area contributed by atoms with Gasteiger partial charge >= 0.3 is 6.03 Å². The zero-order valence-corrected chi connectivity index (χ0v) is 15.9. The lowest BCUT2D eigenvalue weighted by molar-refractivity contribution is 0.246. The van der Waals surface area contributed by atoms with Crippen LogP contribution in [0.1, 0.15) is 39.2 Å². The summed E-state index contributed by atoms with van der Waals surface area (Å²) in [6.07, 6.45) is 4.41. The number of hydrogen-bond donors (Lipinski definition) is 2. The van der Waals surface area contributed by atoms with E-state index in [-0.39, 0.29) is 11.3 Å². The summed E-state index contributed by atoms with van der Waals surface area (Å²) < 4.78 is 32.0. The highest BCUT2D eigenvalue weighted by molar-refractivity contribution is 7.94. The minimum absolute atomic E-state index is 0.125. The molecule has 0 aliphatic rings. The van der Waals surface area contributed by atoms with E-state index in [1.54, 1.807) is 38.3 Å². The lowest BCUT2D eigenvalue weighted by atomic mass is 10.2. The molecule has 0 atom stereocenters. The number of methoxy groups -OCH3 is 1.